The molecule has 5 nitrogen and oxygen atoms in total. The second-order valence-corrected chi connectivity index (χ2v) is 7.99. The van der Waals surface area contributed by atoms with E-state index in [4.69, 9.17) is 9.97 Å². The number of aliphatic carboxylic acids is 1. The summed E-state index contributed by atoms with van der Waals surface area (Å²) in [5, 5.41) is 10.0. The summed E-state index contributed by atoms with van der Waals surface area (Å²) in [6.07, 6.45) is 4.33. The molecule has 1 saturated heterocycles. The minimum atomic E-state index is -0.805. The number of aromatic nitrogens is 2. The van der Waals surface area contributed by atoms with Gasteiger partial charge >= 0.3 is 5.97 Å². The zero-order valence-corrected chi connectivity index (χ0v) is 17.4. The van der Waals surface area contributed by atoms with Crippen molar-refractivity contribution < 1.29 is 9.90 Å². The van der Waals surface area contributed by atoms with Crippen LogP contribution in [0.4, 0.5) is 5.95 Å². The molecule has 0 bridgehead atoms. The van der Waals surface area contributed by atoms with Crippen LogP contribution in [-0.2, 0) is 4.79 Å². The number of anilines is 1. The van der Waals surface area contributed by atoms with Crippen LogP contribution in [0.5, 0.6) is 0 Å². The summed E-state index contributed by atoms with van der Waals surface area (Å²) in [5.74, 6) is -0.688. The van der Waals surface area contributed by atoms with Crippen molar-refractivity contribution in [1.29, 1.82) is 0 Å². The van der Waals surface area contributed by atoms with Crippen molar-refractivity contribution in [3.05, 3.63) is 41.1 Å². The number of hydrogen-bond donors (Lipinski definition) is 1. The van der Waals surface area contributed by atoms with E-state index in [1.807, 2.05) is 39.8 Å². The molecule has 2 heterocycles. The predicted molar refractivity (Wildman–Crippen MR) is 113 cm³/mol. The number of carboxylic acids is 1. The topological polar surface area (TPSA) is 66.3 Å². The average molecular weight is 382 g/mol. The Kier molecular flexibility index (Phi) is 6.32. The van der Waals surface area contributed by atoms with Gasteiger partial charge in [-0.2, -0.15) is 0 Å². The first-order valence-corrected chi connectivity index (χ1v) is 10.4. The number of hydrogen-bond acceptors (Lipinski definition) is 4. The van der Waals surface area contributed by atoms with E-state index in [9.17, 15) is 9.90 Å². The molecule has 5 heteroatoms. The fourth-order valence-corrected chi connectivity index (χ4v) is 3.99. The molecule has 1 aromatic heterocycles. The summed E-state index contributed by atoms with van der Waals surface area (Å²) in [6, 6.07) is 8.18. The largest absolute Gasteiger partial charge is 0.481 e. The van der Waals surface area contributed by atoms with Crippen LogP contribution in [0.1, 0.15) is 62.3 Å². The molecule has 0 saturated carbocycles. The third-order valence-electron chi connectivity index (χ3n) is 5.88. The average Bonchev–Trinajstić information content (AvgIpc) is 2.70. The molecular formula is C23H31N3O2. The highest BCUT2D eigenvalue weighted by molar-refractivity contribution is 5.81. The molecule has 0 radical (unpaired) electrons. The van der Waals surface area contributed by atoms with Gasteiger partial charge in [-0.3, -0.25) is 4.79 Å². The molecule has 150 valence electrons. The molecule has 2 atom stereocenters. The van der Waals surface area contributed by atoms with Crippen molar-refractivity contribution >= 4 is 11.9 Å². The van der Waals surface area contributed by atoms with Crippen molar-refractivity contribution in [1.82, 2.24) is 9.97 Å². The van der Waals surface area contributed by atoms with Gasteiger partial charge in [0, 0.05) is 29.9 Å². The van der Waals surface area contributed by atoms with Crippen molar-refractivity contribution in [2.75, 3.05) is 18.0 Å². The lowest BCUT2D eigenvalue weighted by Gasteiger charge is -2.29. The van der Waals surface area contributed by atoms with E-state index in [0.29, 0.717) is 0 Å². The summed E-state index contributed by atoms with van der Waals surface area (Å²) >= 11 is 0. The van der Waals surface area contributed by atoms with Gasteiger partial charge in [-0.15, -0.1) is 0 Å². The predicted octanol–water partition coefficient (Wildman–Crippen LogP) is 4.97. The molecular weight excluding hydrogens is 350 g/mol. The summed E-state index contributed by atoms with van der Waals surface area (Å²) in [4.78, 5) is 24.1. The van der Waals surface area contributed by atoms with E-state index in [2.05, 4.69) is 17.0 Å². The van der Waals surface area contributed by atoms with E-state index in [1.165, 1.54) is 12.0 Å². The number of carbonyl (C=O) groups is 1. The number of piperidine rings is 1. The van der Waals surface area contributed by atoms with Crippen LogP contribution >= 0.6 is 0 Å². The van der Waals surface area contributed by atoms with Crippen LogP contribution in [0.15, 0.2) is 24.3 Å². The molecule has 1 aliphatic heterocycles. The standard InChI is InChI=1S/C23H31N3O2/c1-5-16(3)19(22(27)28)20-17(4)24-23(26-13-7-6-8-14-26)25-21(20)18-11-9-15(2)10-12-18/h9-12,16,19H,5-8,13-14H2,1-4H3,(H,27,28). The minimum absolute atomic E-state index is 0.00448. The summed E-state index contributed by atoms with van der Waals surface area (Å²) in [7, 11) is 0. The fourth-order valence-electron chi connectivity index (χ4n) is 3.99. The lowest BCUT2D eigenvalue weighted by atomic mass is 9.82. The Morgan fingerprint density at radius 1 is 1.11 bits per heavy atom. The minimum Gasteiger partial charge on any atom is -0.481 e. The van der Waals surface area contributed by atoms with Gasteiger partial charge in [0.1, 0.15) is 0 Å². The molecule has 1 aromatic carbocycles. The molecule has 3 rings (SSSR count). The van der Waals surface area contributed by atoms with Gasteiger partial charge in [-0.25, -0.2) is 9.97 Å². The number of carboxylic acid groups (broad SMARTS) is 1. The maximum Gasteiger partial charge on any atom is 0.311 e. The molecule has 0 amide bonds. The highest BCUT2D eigenvalue weighted by Gasteiger charge is 2.32. The second kappa shape index (κ2) is 8.72. The Morgan fingerprint density at radius 3 is 2.32 bits per heavy atom. The highest BCUT2D eigenvalue weighted by Crippen LogP contribution is 2.37. The van der Waals surface area contributed by atoms with Crippen molar-refractivity contribution in [2.45, 2.75) is 59.3 Å². The normalized spacial score (nSPS) is 16.6. The van der Waals surface area contributed by atoms with Crippen LogP contribution < -0.4 is 4.90 Å². The number of nitrogens with zero attached hydrogens (tertiary/aromatic N) is 3. The van der Waals surface area contributed by atoms with Crippen LogP contribution in [-0.4, -0.2) is 34.1 Å². The maximum absolute atomic E-state index is 12.2. The molecule has 2 aromatic rings. The van der Waals surface area contributed by atoms with Gasteiger partial charge in [0.2, 0.25) is 5.95 Å². The van der Waals surface area contributed by atoms with Gasteiger partial charge < -0.3 is 10.0 Å². The first-order valence-electron chi connectivity index (χ1n) is 10.4. The van der Waals surface area contributed by atoms with E-state index in [1.54, 1.807) is 0 Å². The van der Waals surface area contributed by atoms with Crippen LogP contribution in [0.25, 0.3) is 11.3 Å². The summed E-state index contributed by atoms with van der Waals surface area (Å²) in [5.41, 5.74) is 4.43. The van der Waals surface area contributed by atoms with Gasteiger partial charge in [-0.05, 0) is 39.0 Å². The molecule has 2 unspecified atom stereocenters. The summed E-state index contributed by atoms with van der Waals surface area (Å²) < 4.78 is 0. The first-order chi connectivity index (χ1) is 13.4. The fraction of sp³-hybridized carbons (Fsp3) is 0.522. The Labute approximate surface area is 167 Å². The van der Waals surface area contributed by atoms with Crippen molar-refractivity contribution in [3.63, 3.8) is 0 Å². The lowest BCUT2D eigenvalue weighted by molar-refractivity contribution is -0.140. The first kappa shape index (κ1) is 20.3. The molecule has 1 aliphatic rings. The quantitative estimate of drug-likeness (QED) is 0.765. The van der Waals surface area contributed by atoms with E-state index >= 15 is 0 Å². The van der Waals surface area contributed by atoms with Gasteiger partial charge in [-0.1, -0.05) is 50.1 Å². The van der Waals surface area contributed by atoms with Gasteiger partial charge in [0.25, 0.3) is 0 Å². The number of rotatable bonds is 6. The highest BCUT2D eigenvalue weighted by atomic mass is 16.4. The smallest absolute Gasteiger partial charge is 0.311 e. The van der Waals surface area contributed by atoms with Crippen LogP contribution in [0.2, 0.25) is 0 Å². The van der Waals surface area contributed by atoms with Crippen LogP contribution in [0.3, 0.4) is 0 Å². The van der Waals surface area contributed by atoms with Crippen molar-refractivity contribution in [3.8, 4) is 11.3 Å². The third-order valence-corrected chi connectivity index (χ3v) is 5.88. The monoisotopic (exact) mass is 381 g/mol. The number of aryl methyl sites for hydroxylation is 2. The molecule has 28 heavy (non-hydrogen) atoms. The van der Waals surface area contributed by atoms with Gasteiger partial charge in [0.15, 0.2) is 0 Å². The summed E-state index contributed by atoms with van der Waals surface area (Å²) in [6.45, 7) is 9.93. The molecule has 1 N–H and O–H groups in total. The number of benzene rings is 1. The van der Waals surface area contributed by atoms with Gasteiger partial charge in [0.05, 0.1) is 11.6 Å². The zero-order valence-electron chi connectivity index (χ0n) is 17.4. The van der Waals surface area contributed by atoms with Crippen molar-refractivity contribution in [2.24, 2.45) is 5.92 Å². The lowest BCUT2D eigenvalue weighted by Crippen LogP contribution is -2.32. The molecule has 1 fully saturated rings. The Balaban J connectivity index is 2.19. The Hall–Kier alpha value is -2.43. The van der Waals surface area contributed by atoms with E-state index in [-0.39, 0.29) is 5.92 Å². The van der Waals surface area contributed by atoms with E-state index in [0.717, 1.165) is 60.8 Å². The Morgan fingerprint density at radius 2 is 1.75 bits per heavy atom. The molecule has 0 aliphatic carbocycles. The maximum atomic E-state index is 12.2. The zero-order chi connectivity index (χ0) is 20.3. The SMILES string of the molecule is CCC(C)C(C(=O)O)c1c(C)nc(N2CCCCC2)nc1-c1ccc(C)cc1. The third kappa shape index (κ3) is 4.18. The van der Waals surface area contributed by atoms with Crippen LogP contribution in [0, 0.1) is 19.8 Å². The van der Waals surface area contributed by atoms with E-state index < -0.39 is 11.9 Å². The Bertz CT molecular complexity index is 826. The second-order valence-electron chi connectivity index (χ2n) is 7.99. The molecule has 0 spiro atoms.